The highest BCUT2D eigenvalue weighted by Gasteiger charge is 2.38. The Morgan fingerprint density at radius 1 is 1.42 bits per heavy atom. The Morgan fingerprint density at radius 3 is 2.33 bits per heavy atom. The van der Waals surface area contributed by atoms with Crippen molar-refractivity contribution in [2.24, 2.45) is 5.73 Å². The van der Waals surface area contributed by atoms with Gasteiger partial charge >= 0.3 is 6.18 Å². The molecule has 0 bridgehead atoms. The minimum atomic E-state index is -4.40. The van der Waals surface area contributed by atoms with Crippen molar-refractivity contribution in [2.75, 3.05) is 5.73 Å². The summed E-state index contributed by atoms with van der Waals surface area (Å²) in [6.07, 6.45) is -4.40. The molecule has 1 unspecified atom stereocenters. The second-order valence-corrected chi connectivity index (χ2v) is 3.24. The van der Waals surface area contributed by atoms with Crippen molar-refractivity contribution >= 4 is 16.3 Å². The number of hydrogen-bond acceptors (Lipinski definition) is 3. The van der Waals surface area contributed by atoms with E-state index < -0.39 is 12.2 Å². The molecule has 12 heavy (non-hydrogen) atoms. The molecule has 0 saturated carbocycles. The average Bonchev–Trinajstić information content (AvgIpc) is 2.32. The third-order valence-corrected chi connectivity index (χ3v) is 2.13. The van der Waals surface area contributed by atoms with E-state index in [0.29, 0.717) is 5.00 Å². The Morgan fingerprint density at radius 2 is 2.00 bits per heavy atom. The van der Waals surface area contributed by atoms with Crippen molar-refractivity contribution in [3.63, 3.8) is 0 Å². The molecule has 0 aromatic carbocycles. The lowest BCUT2D eigenvalue weighted by molar-refractivity contribution is -0.149. The average molecular weight is 196 g/mol. The zero-order chi connectivity index (χ0) is 9.35. The van der Waals surface area contributed by atoms with Crippen LogP contribution in [0.1, 0.15) is 11.6 Å². The topological polar surface area (TPSA) is 52.0 Å². The Labute approximate surface area is 71.0 Å². The van der Waals surface area contributed by atoms with Crippen molar-refractivity contribution in [3.8, 4) is 0 Å². The summed E-state index contributed by atoms with van der Waals surface area (Å²) in [7, 11) is 0. The summed E-state index contributed by atoms with van der Waals surface area (Å²) < 4.78 is 35.9. The zero-order valence-electron chi connectivity index (χ0n) is 5.93. The summed E-state index contributed by atoms with van der Waals surface area (Å²) >= 11 is 1.05. The molecular weight excluding hydrogens is 189 g/mol. The fourth-order valence-corrected chi connectivity index (χ4v) is 1.41. The van der Waals surface area contributed by atoms with Gasteiger partial charge in [-0.05, 0) is 17.0 Å². The second kappa shape index (κ2) is 2.95. The third kappa shape index (κ3) is 1.89. The standard InChI is InChI=1S/C6H7F3N2S/c7-6(8,9)5(11)3-1-4(10)12-2-3/h1-2,5H,10-11H2. The van der Waals surface area contributed by atoms with Gasteiger partial charge in [0, 0.05) is 0 Å². The predicted octanol–water partition coefficient (Wildman–Crippen LogP) is 1.89. The number of halogens is 3. The van der Waals surface area contributed by atoms with Gasteiger partial charge in [-0.2, -0.15) is 13.2 Å². The van der Waals surface area contributed by atoms with Crippen LogP contribution in [-0.2, 0) is 0 Å². The molecule has 4 N–H and O–H groups in total. The van der Waals surface area contributed by atoms with Crippen LogP contribution in [0.25, 0.3) is 0 Å². The van der Waals surface area contributed by atoms with Crippen molar-refractivity contribution < 1.29 is 13.2 Å². The summed E-state index contributed by atoms with van der Waals surface area (Å²) in [5, 5.41) is 1.65. The first-order valence-electron chi connectivity index (χ1n) is 3.07. The van der Waals surface area contributed by atoms with Gasteiger partial charge in [-0.15, -0.1) is 11.3 Å². The molecule has 0 radical (unpaired) electrons. The fraction of sp³-hybridized carbons (Fsp3) is 0.333. The highest BCUT2D eigenvalue weighted by Crippen LogP contribution is 2.33. The number of anilines is 1. The maximum atomic E-state index is 12.0. The highest BCUT2D eigenvalue weighted by molar-refractivity contribution is 7.14. The van der Waals surface area contributed by atoms with Crippen LogP contribution in [0.2, 0.25) is 0 Å². The van der Waals surface area contributed by atoms with Gasteiger partial charge in [0.2, 0.25) is 0 Å². The quantitative estimate of drug-likeness (QED) is 0.720. The number of rotatable bonds is 1. The van der Waals surface area contributed by atoms with Crippen molar-refractivity contribution in [1.29, 1.82) is 0 Å². The summed E-state index contributed by atoms with van der Waals surface area (Å²) in [6.45, 7) is 0. The molecule has 0 amide bonds. The summed E-state index contributed by atoms with van der Waals surface area (Å²) in [5.74, 6) is 0. The molecule has 0 fully saturated rings. The van der Waals surface area contributed by atoms with Crippen LogP contribution in [0.5, 0.6) is 0 Å². The van der Waals surface area contributed by atoms with Crippen LogP contribution >= 0.6 is 11.3 Å². The second-order valence-electron chi connectivity index (χ2n) is 2.30. The maximum absolute atomic E-state index is 12.0. The van der Waals surface area contributed by atoms with E-state index in [4.69, 9.17) is 11.5 Å². The van der Waals surface area contributed by atoms with Gasteiger partial charge < -0.3 is 11.5 Å². The van der Waals surface area contributed by atoms with Crippen LogP contribution in [0.3, 0.4) is 0 Å². The fourth-order valence-electron chi connectivity index (χ4n) is 0.720. The molecule has 2 nitrogen and oxygen atoms in total. The SMILES string of the molecule is Nc1cc(C(N)C(F)(F)F)cs1. The monoisotopic (exact) mass is 196 g/mol. The van der Waals surface area contributed by atoms with Gasteiger partial charge in [-0.1, -0.05) is 0 Å². The van der Waals surface area contributed by atoms with Crippen LogP contribution < -0.4 is 11.5 Å². The lowest BCUT2D eigenvalue weighted by atomic mass is 10.1. The molecule has 0 aliphatic carbocycles. The largest absolute Gasteiger partial charge is 0.407 e. The first-order valence-corrected chi connectivity index (χ1v) is 3.95. The van der Waals surface area contributed by atoms with E-state index >= 15 is 0 Å². The van der Waals surface area contributed by atoms with Crippen LogP contribution in [0.15, 0.2) is 11.4 Å². The maximum Gasteiger partial charge on any atom is 0.407 e. The normalized spacial score (nSPS) is 14.7. The Bertz CT molecular complexity index is 268. The summed E-state index contributed by atoms with van der Waals surface area (Å²) in [6, 6.07) is -0.686. The van der Waals surface area contributed by atoms with Crippen molar-refractivity contribution in [1.82, 2.24) is 0 Å². The molecular formula is C6H7F3N2S. The highest BCUT2D eigenvalue weighted by atomic mass is 32.1. The number of hydrogen-bond donors (Lipinski definition) is 2. The van der Waals surface area contributed by atoms with Gasteiger partial charge in [-0.3, -0.25) is 0 Å². The molecule has 1 rings (SSSR count). The van der Waals surface area contributed by atoms with Crippen LogP contribution in [0.4, 0.5) is 18.2 Å². The van der Waals surface area contributed by atoms with E-state index in [1.54, 1.807) is 0 Å². The number of alkyl halides is 3. The predicted molar refractivity (Wildman–Crippen MR) is 41.7 cm³/mol. The lowest BCUT2D eigenvalue weighted by Gasteiger charge is -2.13. The summed E-state index contributed by atoms with van der Waals surface area (Å²) in [5.41, 5.74) is 10.2. The minimum absolute atomic E-state index is 0.0185. The Kier molecular flexibility index (Phi) is 2.29. The molecule has 0 aliphatic heterocycles. The van der Waals surface area contributed by atoms with Gasteiger partial charge in [0.15, 0.2) is 0 Å². The van der Waals surface area contributed by atoms with Crippen LogP contribution in [-0.4, -0.2) is 6.18 Å². The molecule has 0 saturated heterocycles. The molecule has 68 valence electrons. The van der Waals surface area contributed by atoms with Crippen molar-refractivity contribution in [3.05, 3.63) is 17.0 Å². The van der Waals surface area contributed by atoms with E-state index in [0.717, 1.165) is 11.3 Å². The van der Waals surface area contributed by atoms with E-state index in [1.807, 2.05) is 0 Å². The summed E-state index contributed by atoms with van der Waals surface area (Å²) in [4.78, 5) is 0. The lowest BCUT2D eigenvalue weighted by Crippen LogP contribution is -2.27. The Hall–Kier alpha value is -0.750. The van der Waals surface area contributed by atoms with Gasteiger partial charge in [0.1, 0.15) is 6.04 Å². The molecule has 1 aromatic heterocycles. The van der Waals surface area contributed by atoms with Gasteiger partial charge in [0.05, 0.1) is 5.00 Å². The molecule has 1 heterocycles. The van der Waals surface area contributed by atoms with E-state index in [9.17, 15) is 13.2 Å². The Balaban J connectivity index is 2.85. The van der Waals surface area contributed by atoms with E-state index in [1.165, 1.54) is 11.4 Å². The van der Waals surface area contributed by atoms with Crippen molar-refractivity contribution in [2.45, 2.75) is 12.2 Å². The third-order valence-electron chi connectivity index (χ3n) is 1.35. The van der Waals surface area contributed by atoms with E-state index in [-0.39, 0.29) is 5.56 Å². The minimum Gasteiger partial charge on any atom is -0.391 e. The first kappa shape index (κ1) is 9.34. The molecule has 0 aliphatic rings. The van der Waals surface area contributed by atoms with Gasteiger partial charge in [-0.25, -0.2) is 0 Å². The molecule has 0 spiro atoms. The molecule has 1 aromatic rings. The van der Waals surface area contributed by atoms with Gasteiger partial charge in [0.25, 0.3) is 0 Å². The number of thiophene rings is 1. The van der Waals surface area contributed by atoms with Crippen LogP contribution in [0, 0.1) is 0 Å². The number of nitrogen functional groups attached to an aromatic ring is 1. The number of nitrogens with two attached hydrogens (primary N) is 2. The molecule has 6 heteroatoms. The smallest absolute Gasteiger partial charge is 0.391 e. The first-order chi connectivity index (χ1) is 5.41. The van der Waals surface area contributed by atoms with E-state index in [2.05, 4.69) is 0 Å². The zero-order valence-corrected chi connectivity index (χ0v) is 6.75. The molecule has 1 atom stereocenters.